The Morgan fingerprint density at radius 3 is 2.12 bits per heavy atom. The van der Waals surface area contributed by atoms with Crippen LogP contribution in [0.1, 0.15) is 40.5 Å². The van der Waals surface area contributed by atoms with Crippen LogP contribution < -0.4 is 10.0 Å². The largest absolute Gasteiger partial charge is 0.421 e. The standard InChI is InChI=1S/C20H24F3N3O5S/c1-5-6-11-26-12(2)17(13(3)27)19(18(26)29,20(21,22)23)25-32(30,31)16-9-7-15(8-10-16)24-14(4)28/h7-10,25H,5-6,11H2,1-4H3,(H,24,28). The third-order valence-electron chi connectivity index (χ3n) is 4.99. The van der Waals surface area contributed by atoms with Gasteiger partial charge in [0.05, 0.1) is 10.5 Å². The van der Waals surface area contributed by atoms with Gasteiger partial charge in [0.2, 0.25) is 21.5 Å². The Kier molecular flexibility index (Phi) is 7.20. The topological polar surface area (TPSA) is 113 Å². The number of alkyl halides is 3. The summed E-state index contributed by atoms with van der Waals surface area (Å²) in [6.07, 6.45) is -4.51. The molecule has 1 aromatic carbocycles. The third kappa shape index (κ3) is 4.56. The second kappa shape index (κ2) is 9.02. The second-order valence-corrected chi connectivity index (χ2v) is 9.07. The van der Waals surface area contributed by atoms with Gasteiger partial charge in [-0.15, -0.1) is 0 Å². The maximum atomic E-state index is 14.4. The summed E-state index contributed by atoms with van der Waals surface area (Å²) in [6, 6.07) is 4.34. The number of amides is 2. The summed E-state index contributed by atoms with van der Waals surface area (Å²) in [4.78, 5) is 36.6. The molecule has 32 heavy (non-hydrogen) atoms. The first-order chi connectivity index (χ1) is 14.7. The van der Waals surface area contributed by atoms with E-state index < -0.39 is 49.8 Å². The lowest BCUT2D eigenvalue weighted by Crippen LogP contribution is -2.65. The van der Waals surface area contributed by atoms with Gasteiger partial charge < -0.3 is 10.2 Å². The van der Waals surface area contributed by atoms with Crippen LogP contribution >= 0.6 is 0 Å². The molecule has 0 spiro atoms. The fourth-order valence-corrected chi connectivity index (χ4v) is 4.89. The Morgan fingerprint density at radius 2 is 1.69 bits per heavy atom. The first-order valence-corrected chi connectivity index (χ1v) is 11.2. The highest BCUT2D eigenvalue weighted by atomic mass is 32.2. The molecule has 0 saturated heterocycles. The van der Waals surface area contributed by atoms with Crippen LogP contribution in [0.3, 0.4) is 0 Å². The van der Waals surface area contributed by atoms with Crippen molar-refractivity contribution in [1.82, 2.24) is 9.62 Å². The summed E-state index contributed by atoms with van der Waals surface area (Å²) in [6.45, 7) is 4.95. The Bertz CT molecular complexity index is 1060. The average molecular weight is 475 g/mol. The van der Waals surface area contributed by atoms with Gasteiger partial charge in [-0.2, -0.15) is 17.9 Å². The van der Waals surface area contributed by atoms with Crippen molar-refractivity contribution in [2.24, 2.45) is 0 Å². The van der Waals surface area contributed by atoms with Crippen molar-refractivity contribution < 1.29 is 36.0 Å². The van der Waals surface area contributed by atoms with Crippen LogP contribution in [0, 0.1) is 0 Å². The maximum absolute atomic E-state index is 14.4. The van der Waals surface area contributed by atoms with E-state index in [9.17, 15) is 36.0 Å². The molecule has 0 radical (unpaired) electrons. The Balaban J connectivity index is 2.61. The molecule has 2 N–H and O–H groups in total. The molecule has 0 aromatic heterocycles. The molecule has 8 nitrogen and oxygen atoms in total. The minimum atomic E-state index is -5.43. The summed E-state index contributed by atoms with van der Waals surface area (Å²) < 4.78 is 70.5. The predicted molar refractivity (Wildman–Crippen MR) is 110 cm³/mol. The number of sulfonamides is 1. The van der Waals surface area contributed by atoms with Crippen LogP contribution in [0.15, 0.2) is 40.4 Å². The Morgan fingerprint density at radius 1 is 1.12 bits per heavy atom. The molecule has 0 saturated carbocycles. The van der Waals surface area contributed by atoms with Gasteiger partial charge in [-0.25, -0.2) is 8.42 Å². The first-order valence-electron chi connectivity index (χ1n) is 9.71. The van der Waals surface area contributed by atoms with Crippen molar-refractivity contribution in [3.8, 4) is 0 Å². The molecule has 1 atom stereocenters. The van der Waals surface area contributed by atoms with E-state index in [1.54, 1.807) is 6.92 Å². The van der Waals surface area contributed by atoms with Crippen molar-refractivity contribution in [3.05, 3.63) is 35.5 Å². The second-order valence-electron chi connectivity index (χ2n) is 7.39. The fourth-order valence-electron chi connectivity index (χ4n) is 3.57. The van der Waals surface area contributed by atoms with Crippen molar-refractivity contribution in [2.75, 3.05) is 11.9 Å². The average Bonchev–Trinajstić information content (AvgIpc) is 2.87. The molecule has 1 aliphatic rings. The predicted octanol–water partition coefficient (Wildman–Crippen LogP) is 2.73. The zero-order chi connectivity index (χ0) is 24.5. The number of carbonyl (C=O) groups is 3. The zero-order valence-electron chi connectivity index (χ0n) is 18.0. The van der Waals surface area contributed by atoms with Gasteiger partial charge in [-0.1, -0.05) is 13.3 Å². The van der Waals surface area contributed by atoms with E-state index >= 15 is 0 Å². The molecule has 2 rings (SSSR count). The number of nitrogens with zero attached hydrogens (tertiary/aromatic N) is 1. The molecular weight excluding hydrogens is 451 g/mol. The highest BCUT2D eigenvalue weighted by Crippen LogP contribution is 2.45. The van der Waals surface area contributed by atoms with Gasteiger partial charge in [0, 0.05) is 24.9 Å². The lowest BCUT2D eigenvalue weighted by Gasteiger charge is -2.33. The minimum Gasteiger partial charge on any atom is -0.326 e. The molecule has 1 unspecified atom stereocenters. The van der Waals surface area contributed by atoms with Gasteiger partial charge in [0.1, 0.15) is 0 Å². The van der Waals surface area contributed by atoms with Crippen LogP contribution in [0.4, 0.5) is 18.9 Å². The summed E-state index contributed by atoms with van der Waals surface area (Å²) in [5.74, 6) is -3.07. The monoisotopic (exact) mass is 475 g/mol. The van der Waals surface area contributed by atoms with Gasteiger partial charge in [-0.05, 0) is 44.5 Å². The summed E-state index contributed by atoms with van der Waals surface area (Å²) in [7, 11) is -4.91. The number of anilines is 1. The van der Waals surface area contributed by atoms with Crippen molar-refractivity contribution >= 4 is 33.3 Å². The SMILES string of the molecule is CCCCN1C(=O)C(NS(=O)(=O)c2ccc(NC(C)=O)cc2)(C(F)(F)F)C(C(C)=O)=C1C. The first kappa shape index (κ1) is 25.5. The van der Waals surface area contributed by atoms with Crippen LogP contribution in [0.5, 0.6) is 0 Å². The lowest BCUT2D eigenvalue weighted by molar-refractivity contribution is -0.188. The number of hydrogen-bond acceptors (Lipinski definition) is 5. The fraction of sp³-hybridized carbons (Fsp3) is 0.450. The summed E-state index contributed by atoms with van der Waals surface area (Å²) in [5, 5.41) is 2.40. The third-order valence-corrected chi connectivity index (χ3v) is 6.46. The number of unbranched alkanes of at least 4 members (excludes halogenated alkanes) is 1. The number of carbonyl (C=O) groups excluding carboxylic acids is 3. The molecule has 1 aromatic rings. The Labute approximate surface area is 183 Å². The Hall–Kier alpha value is -2.73. The van der Waals surface area contributed by atoms with Crippen LogP contribution in [0.25, 0.3) is 0 Å². The number of benzene rings is 1. The highest BCUT2D eigenvalue weighted by Gasteiger charge is 2.70. The number of ketones is 1. The highest BCUT2D eigenvalue weighted by molar-refractivity contribution is 7.89. The zero-order valence-corrected chi connectivity index (χ0v) is 18.8. The molecule has 0 aliphatic carbocycles. The summed E-state index contributed by atoms with van der Waals surface area (Å²) >= 11 is 0. The summed E-state index contributed by atoms with van der Waals surface area (Å²) in [5.41, 5.74) is -4.71. The quantitative estimate of drug-likeness (QED) is 0.600. The van der Waals surface area contributed by atoms with E-state index in [0.717, 1.165) is 24.0 Å². The van der Waals surface area contributed by atoms with Gasteiger partial charge in [0.25, 0.3) is 5.91 Å². The molecule has 1 heterocycles. The van der Waals surface area contributed by atoms with E-state index in [1.165, 1.54) is 30.7 Å². The van der Waals surface area contributed by atoms with Crippen LogP contribution in [-0.4, -0.2) is 49.2 Å². The number of hydrogen-bond donors (Lipinski definition) is 2. The smallest absolute Gasteiger partial charge is 0.326 e. The number of Topliss-reactive ketones (excluding diaryl/α,β-unsaturated/α-hetero) is 1. The minimum absolute atomic E-state index is 0.0943. The number of rotatable bonds is 8. The van der Waals surface area contributed by atoms with E-state index in [1.807, 2.05) is 0 Å². The van der Waals surface area contributed by atoms with Crippen molar-refractivity contribution in [2.45, 2.75) is 57.1 Å². The molecule has 0 bridgehead atoms. The molecule has 2 amide bonds. The molecular formula is C20H24F3N3O5S. The molecule has 12 heteroatoms. The van der Waals surface area contributed by atoms with Crippen molar-refractivity contribution in [1.29, 1.82) is 0 Å². The molecule has 0 fully saturated rings. The normalized spacial score (nSPS) is 19.5. The number of allylic oxidation sites excluding steroid dienone is 1. The van der Waals surface area contributed by atoms with Gasteiger partial charge in [-0.3, -0.25) is 14.4 Å². The van der Waals surface area contributed by atoms with Gasteiger partial charge >= 0.3 is 6.18 Å². The van der Waals surface area contributed by atoms with Crippen LogP contribution in [-0.2, 0) is 24.4 Å². The molecule has 1 aliphatic heterocycles. The van der Waals surface area contributed by atoms with Crippen LogP contribution in [0.2, 0.25) is 0 Å². The maximum Gasteiger partial charge on any atom is 0.421 e. The van der Waals surface area contributed by atoms with Gasteiger partial charge in [0.15, 0.2) is 5.78 Å². The lowest BCUT2D eigenvalue weighted by atomic mass is 9.88. The van der Waals surface area contributed by atoms with E-state index in [2.05, 4.69) is 5.32 Å². The molecule has 176 valence electrons. The van der Waals surface area contributed by atoms with Crippen molar-refractivity contribution in [3.63, 3.8) is 0 Å². The number of halogens is 3. The van der Waals surface area contributed by atoms with E-state index in [4.69, 9.17) is 0 Å². The number of nitrogens with one attached hydrogen (secondary N) is 2. The van der Waals surface area contributed by atoms with E-state index in [0.29, 0.717) is 12.8 Å². The van der Waals surface area contributed by atoms with E-state index in [-0.39, 0.29) is 17.9 Å².